The highest BCUT2D eigenvalue weighted by atomic mass is 16.5. The third kappa shape index (κ3) is 11.8. The number of morpholine rings is 1. The van der Waals surface area contributed by atoms with Crippen LogP contribution in [0.15, 0.2) is 0 Å². The van der Waals surface area contributed by atoms with Gasteiger partial charge in [0.15, 0.2) is 0 Å². The lowest BCUT2D eigenvalue weighted by Gasteiger charge is -2.21. The molecule has 0 saturated carbocycles. The summed E-state index contributed by atoms with van der Waals surface area (Å²) in [5.74, 6) is 0. The van der Waals surface area contributed by atoms with Gasteiger partial charge in [0.2, 0.25) is 0 Å². The van der Waals surface area contributed by atoms with Crippen molar-refractivity contribution in [3.8, 4) is 0 Å². The van der Waals surface area contributed by atoms with Gasteiger partial charge in [-0.25, -0.2) is 0 Å². The Morgan fingerprint density at radius 1 is 0.867 bits per heavy atom. The third-order valence-electron chi connectivity index (χ3n) is 2.06. The van der Waals surface area contributed by atoms with Gasteiger partial charge in [-0.2, -0.15) is 0 Å². The molecular formula is C11H25NO3. The maximum Gasteiger partial charge on any atom is 0.0594 e. The van der Waals surface area contributed by atoms with Crippen LogP contribution in [0.3, 0.4) is 0 Å². The molecule has 15 heavy (non-hydrogen) atoms. The lowest BCUT2D eigenvalue weighted by Crippen LogP contribution is -2.32. The lowest BCUT2D eigenvalue weighted by molar-refractivity contribution is 0.0503. The molecule has 4 heteroatoms. The zero-order valence-electron chi connectivity index (χ0n) is 10.3. The summed E-state index contributed by atoms with van der Waals surface area (Å²) >= 11 is 0. The van der Waals surface area contributed by atoms with E-state index in [9.17, 15) is 0 Å². The molecule has 4 nitrogen and oxygen atoms in total. The van der Waals surface area contributed by atoms with E-state index in [4.69, 9.17) is 9.47 Å². The quantitative estimate of drug-likeness (QED) is 0.608. The van der Waals surface area contributed by atoms with Gasteiger partial charge in [0.05, 0.1) is 13.2 Å². The zero-order valence-corrected chi connectivity index (χ0v) is 10.3. The minimum absolute atomic E-state index is 0.913. The molecule has 0 aromatic rings. The second-order valence-electron chi connectivity index (χ2n) is 3.64. The molecule has 0 N–H and O–H groups in total. The Kier molecular flexibility index (Phi) is 11.8. The second-order valence-corrected chi connectivity index (χ2v) is 3.64. The number of nitrogens with zero attached hydrogens (tertiary/aromatic N) is 1. The molecule has 2 aliphatic rings. The summed E-state index contributed by atoms with van der Waals surface area (Å²) in [4.78, 5) is 2.27. The summed E-state index contributed by atoms with van der Waals surface area (Å²) < 4.78 is 14.3. The SMILES string of the molecule is C1CCOC1.CN1CCOCC1.COC. The fourth-order valence-electron chi connectivity index (χ4n) is 1.16. The zero-order chi connectivity index (χ0) is 11.4. The van der Waals surface area contributed by atoms with Crippen molar-refractivity contribution in [2.24, 2.45) is 0 Å². The average Bonchev–Trinajstić information content (AvgIpc) is 2.78. The lowest BCUT2D eigenvalue weighted by atomic mass is 10.4. The van der Waals surface area contributed by atoms with Crippen LogP contribution in [0.4, 0.5) is 0 Å². The first kappa shape index (κ1) is 14.8. The molecule has 0 atom stereocenters. The van der Waals surface area contributed by atoms with Crippen molar-refractivity contribution in [2.75, 3.05) is 60.8 Å². The van der Waals surface area contributed by atoms with Gasteiger partial charge in [0, 0.05) is 40.5 Å². The largest absolute Gasteiger partial charge is 0.388 e. The monoisotopic (exact) mass is 219 g/mol. The number of likely N-dealkylation sites (N-methyl/N-ethyl adjacent to an activating group) is 1. The Labute approximate surface area is 93.5 Å². The predicted octanol–water partition coefficient (Wildman–Crippen LogP) is 1.01. The number of hydrogen-bond acceptors (Lipinski definition) is 4. The number of methoxy groups -OCH3 is 1. The van der Waals surface area contributed by atoms with Gasteiger partial charge in [-0.1, -0.05) is 0 Å². The van der Waals surface area contributed by atoms with Gasteiger partial charge in [-0.05, 0) is 19.9 Å². The minimum Gasteiger partial charge on any atom is -0.388 e. The Morgan fingerprint density at radius 3 is 1.47 bits per heavy atom. The maximum absolute atomic E-state index is 5.10. The van der Waals surface area contributed by atoms with Crippen molar-refractivity contribution in [3.05, 3.63) is 0 Å². The molecule has 0 bridgehead atoms. The van der Waals surface area contributed by atoms with E-state index in [1.54, 1.807) is 14.2 Å². The summed E-state index contributed by atoms with van der Waals surface area (Å²) in [6, 6.07) is 0. The first-order valence-electron chi connectivity index (χ1n) is 5.55. The predicted molar refractivity (Wildman–Crippen MR) is 61.3 cm³/mol. The molecule has 0 aliphatic carbocycles. The molecule has 0 amide bonds. The van der Waals surface area contributed by atoms with Crippen LogP contribution in [0.25, 0.3) is 0 Å². The van der Waals surface area contributed by atoms with E-state index < -0.39 is 0 Å². The topological polar surface area (TPSA) is 30.9 Å². The van der Waals surface area contributed by atoms with Crippen molar-refractivity contribution in [2.45, 2.75) is 12.8 Å². The van der Waals surface area contributed by atoms with Crippen LogP contribution in [0.1, 0.15) is 12.8 Å². The van der Waals surface area contributed by atoms with E-state index >= 15 is 0 Å². The summed E-state index contributed by atoms with van der Waals surface area (Å²) in [6.07, 6.45) is 2.56. The first-order chi connectivity index (χ1) is 7.31. The molecule has 92 valence electrons. The first-order valence-corrected chi connectivity index (χ1v) is 5.55. The van der Waals surface area contributed by atoms with Gasteiger partial charge in [0.1, 0.15) is 0 Å². The van der Waals surface area contributed by atoms with Crippen LogP contribution >= 0.6 is 0 Å². The second kappa shape index (κ2) is 11.9. The van der Waals surface area contributed by atoms with E-state index in [1.165, 1.54) is 12.8 Å². The fraction of sp³-hybridized carbons (Fsp3) is 1.00. The van der Waals surface area contributed by atoms with Crippen molar-refractivity contribution in [1.29, 1.82) is 0 Å². The van der Waals surface area contributed by atoms with Crippen LogP contribution in [-0.2, 0) is 14.2 Å². The standard InChI is InChI=1S/C5H11NO.C4H8O.C2H6O/c1-6-2-4-7-5-3-6;1-2-4-5-3-1;1-3-2/h2-5H2,1H3;1-4H2;1-2H3. The van der Waals surface area contributed by atoms with Crippen molar-refractivity contribution < 1.29 is 14.2 Å². The molecule has 2 aliphatic heterocycles. The Hall–Kier alpha value is -0.160. The van der Waals surface area contributed by atoms with E-state index in [-0.39, 0.29) is 0 Å². The van der Waals surface area contributed by atoms with Gasteiger partial charge < -0.3 is 19.1 Å². The summed E-state index contributed by atoms with van der Waals surface area (Å²) in [6.45, 7) is 6.02. The highest BCUT2D eigenvalue weighted by Gasteiger charge is 2.02. The Balaban J connectivity index is 0.000000216. The maximum atomic E-state index is 5.10. The summed E-state index contributed by atoms with van der Waals surface area (Å²) in [5.41, 5.74) is 0. The fourth-order valence-corrected chi connectivity index (χ4v) is 1.16. The molecule has 0 unspecified atom stereocenters. The van der Waals surface area contributed by atoms with Crippen LogP contribution in [0.2, 0.25) is 0 Å². The molecule has 2 fully saturated rings. The highest BCUT2D eigenvalue weighted by molar-refractivity contribution is 4.53. The summed E-state index contributed by atoms with van der Waals surface area (Å²) in [5, 5.41) is 0. The highest BCUT2D eigenvalue weighted by Crippen LogP contribution is 1.98. The average molecular weight is 219 g/mol. The minimum atomic E-state index is 0.913. The normalized spacial score (nSPS) is 21.0. The third-order valence-corrected chi connectivity index (χ3v) is 2.06. The van der Waals surface area contributed by atoms with Gasteiger partial charge in [0.25, 0.3) is 0 Å². The molecule has 2 saturated heterocycles. The van der Waals surface area contributed by atoms with Crippen LogP contribution in [0.5, 0.6) is 0 Å². The van der Waals surface area contributed by atoms with Gasteiger partial charge >= 0.3 is 0 Å². The van der Waals surface area contributed by atoms with Crippen LogP contribution < -0.4 is 0 Å². The molecule has 2 heterocycles. The van der Waals surface area contributed by atoms with E-state index in [2.05, 4.69) is 16.7 Å². The Morgan fingerprint density at radius 2 is 1.27 bits per heavy atom. The molecule has 0 spiro atoms. The number of hydrogen-bond donors (Lipinski definition) is 0. The van der Waals surface area contributed by atoms with Gasteiger partial charge in [-0.3, -0.25) is 0 Å². The molecule has 0 radical (unpaired) electrons. The Bertz CT molecular complexity index is 105. The molecule has 0 aromatic heterocycles. The smallest absolute Gasteiger partial charge is 0.0594 e. The van der Waals surface area contributed by atoms with Crippen LogP contribution in [0, 0.1) is 0 Å². The number of ether oxygens (including phenoxy) is 3. The van der Waals surface area contributed by atoms with Crippen molar-refractivity contribution in [1.82, 2.24) is 4.90 Å². The van der Waals surface area contributed by atoms with E-state index in [0.717, 1.165) is 39.5 Å². The van der Waals surface area contributed by atoms with E-state index in [0.29, 0.717) is 0 Å². The molecule has 0 aromatic carbocycles. The van der Waals surface area contributed by atoms with Crippen LogP contribution in [-0.4, -0.2) is 65.7 Å². The van der Waals surface area contributed by atoms with Gasteiger partial charge in [-0.15, -0.1) is 0 Å². The van der Waals surface area contributed by atoms with Crippen molar-refractivity contribution in [3.63, 3.8) is 0 Å². The van der Waals surface area contributed by atoms with E-state index in [1.807, 2.05) is 0 Å². The molecule has 2 rings (SSSR count). The van der Waals surface area contributed by atoms with Crippen molar-refractivity contribution >= 4 is 0 Å². The number of rotatable bonds is 0. The molecular weight excluding hydrogens is 194 g/mol. The summed E-state index contributed by atoms with van der Waals surface area (Å²) in [7, 11) is 5.36.